The molecule has 48 heavy (non-hydrogen) atoms. The number of ether oxygens (including phenoxy) is 1. The van der Waals surface area contributed by atoms with Crippen LogP contribution in [0.25, 0.3) is 20.8 Å². The molecular weight excluding hydrogens is 647 g/mol. The number of phenols is 1. The van der Waals surface area contributed by atoms with Gasteiger partial charge in [-0.25, -0.2) is 4.98 Å². The van der Waals surface area contributed by atoms with Gasteiger partial charge < -0.3 is 35.1 Å². The van der Waals surface area contributed by atoms with Crippen molar-refractivity contribution in [2.45, 2.75) is 69.5 Å². The monoisotopic (exact) mass is 693 g/mol. The number of unbranched alkanes of at least 4 members (excludes halogenated alkanes) is 6. The molecule has 6 rings (SSSR count). The summed E-state index contributed by atoms with van der Waals surface area (Å²) < 4.78 is 6.94. The van der Waals surface area contributed by atoms with Gasteiger partial charge in [0.05, 0.1) is 29.6 Å². The van der Waals surface area contributed by atoms with Crippen molar-refractivity contribution in [2.24, 2.45) is 0 Å². The zero-order valence-electron chi connectivity index (χ0n) is 27.5. The number of fused-ring (bicyclic) bond motifs is 1. The highest BCUT2D eigenvalue weighted by Gasteiger charge is 2.41. The van der Waals surface area contributed by atoms with Gasteiger partial charge in [0.15, 0.2) is 0 Å². The van der Waals surface area contributed by atoms with Crippen LogP contribution in [0.2, 0.25) is 0 Å². The van der Waals surface area contributed by atoms with Gasteiger partial charge in [-0.05, 0) is 44.8 Å². The number of nitrogens with zero attached hydrogens (tertiary/aromatic N) is 3. The third kappa shape index (κ3) is 8.71. The molecule has 2 aromatic heterocycles. The number of piperidine rings is 1. The molecule has 0 radical (unpaired) electrons. The predicted octanol–water partition coefficient (Wildman–Crippen LogP) is 5.78. The summed E-state index contributed by atoms with van der Waals surface area (Å²) in [4.78, 5) is 36.6. The Morgan fingerprint density at radius 1 is 1.02 bits per heavy atom. The summed E-state index contributed by atoms with van der Waals surface area (Å²) in [5.41, 5.74) is 2.39. The molecule has 258 valence electrons. The van der Waals surface area contributed by atoms with Crippen molar-refractivity contribution in [1.82, 2.24) is 25.1 Å². The Morgan fingerprint density at radius 2 is 1.77 bits per heavy atom. The number of carbonyl (C=O) groups is 1. The first-order chi connectivity index (χ1) is 23.4. The van der Waals surface area contributed by atoms with Crippen LogP contribution in [0.4, 0.5) is 0 Å². The molecule has 2 fully saturated rings. The lowest BCUT2D eigenvalue weighted by molar-refractivity contribution is -0.127. The van der Waals surface area contributed by atoms with Gasteiger partial charge in [0.2, 0.25) is 0 Å². The van der Waals surface area contributed by atoms with Crippen molar-refractivity contribution in [3.8, 4) is 16.3 Å². The second-order valence-electron chi connectivity index (χ2n) is 13.1. The number of benzene rings is 2. The average Bonchev–Trinajstić information content (AvgIpc) is 3.76. The number of aromatic nitrogens is 2. The molecule has 4 aromatic rings. The SMILES string of the molecule is O=C(c1csc(-c2ccccc2)n1)N1CCOC2(CCN(CCCCCCCCCNCC(O)c3ccc(O)c4[nH]c(=O)sc34)CC2)C1. The molecular formula is C36H47N5O5S2. The number of morpholine rings is 1. The van der Waals surface area contributed by atoms with Crippen LogP contribution in [0.1, 0.15) is 79.9 Å². The zero-order chi connectivity index (χ0) is 33.3. The minimum atomic E-state index is -0.734. The Bertz CT molecular complexity index is 1680. The highest BCUT2D eigenvalue weighted by atomic mass is 32.1. The molecule has 2 saturated heterocycles. The normalized spacial score (nSPS) is 17.3. The van der Waals surface area contributed by atoms with Gasteiger partial charge in [-0.1, -0.05) is 79.8 Å². The zero-order valence-corrected chi connectivity index (χ0v) is 29.1. The lowest BCUT2D eigenvalue weighted by Crippen LogP contribution is -2.58. The molecule has 4 N–H and O–H groups in total. The molecule has 12 heteroatoms. The first kappa shape index (κ1) is 34.7. The fourth-order valence-electron chi connectivity index (χ4n) is 6.87. The maximum atomic E-state index is 13.3. The molecule has 2 aliphatic rings. The summed E-state index contributed by atoms with van der Waals surface area (Å²) in [6.45, 7) is 6.26. The van der Waals surface area contributed by atoms with E-state index in [0.29, 0.717) is 47.7 Å². The van der Waals surface area contributed by atoms with E-state index in [4.69, 9.17) is 4.74 Å². The highest BCUT2D eigenvalue weighted by molar-refractivity contribution is 7.16. The summed E-state index contributed by atoms with van der Waals surface area (Å²) >= 11 is 2.53. The largest absolute Gasteiger partial charge is 0.506 e. The molecule has 2 aliphatic heterocycles. The fourth-order valence-corrected chi connectivity index (χ4v) is 8.59. The number of aromatic hydroxyl groups is 1. The number of aliphatic hydroxyl groups excluding tert-OH is 1. The van der Waals surface area contributed by atoms with Crippen LogP contribution in [-0.4, -0.2) is 93.9 Å². The van der Waals surface area contributed by atoms with Crippen LogP contribution < -0.4 is 10.2 Å². The third-order valence-electron chi connectivity index (χ3n) is 9.66. The third-order valence-corrected chi connectivity index (χ3v) is 11.5. The molecule has 0 aliphatic carbocycles. The van der Waals surface area contributed by atoms with E-state index in [1.54, 1.807) is 6.07 Å². The maximum absolute atomic E-state index is 13.3. The average molecular weight is 694 g/mol. The number of hydrogen-bond donors (Lipinski definition) is 4. The molecule has 4 heterocycles. The van der Waals surface area contributed by atoms with Crippen LogP contribution in [0.5, 0.6) is 5.75 Å². The van der Waals surface area contributed by atoms with Crippen molar-refractivity contribution in [3.63, 3.8) is 0 Å². The van der Waals surface area contributed by atoms with Crippen LogP contribution in [0, 0.1) is 0 Å². The van der Waals surface area contributed by atoms with E-state index in [1.165, 1.54) is 49.5 Å². The predicted molar refractivity (Wildman–Crippen MR) is 192 cm³/mol. The van der Waals surface area contributed by atoms with Gasteiger partial charge in [0.1, 0.15) is 22.0 Å². The van der Waals surface area contributed by atoms with E-state index in [2.05, 4.69) is 20.2 Å². The first-order valence-corrected chi connectivity index (χ1v) is 19.0. The summed E-state index contributed by atoms with van der Waals surface area (Å²) in [6, 6.07) is 13.2. The first-order valence-electron chi connectivity index (χ1n) is 17.3. The number of phenolic OH excluding ortho intramolecular Hbond substituents is 1. The molecule has 10 nitrogen and oxygen atoms in total. The van der Waals surface area contributed by atoms with E-state index in [-0.39, 0.29) is 22.1 Å². The number of aliphatic hydroxyl groups is 1. The van der Waals surface area contributed by atoms with Gasteiger partial charge in [-0.15, -0.1) is 11.3 Å². The number of H-pyrrole nitrogens is 1. The van der Waals surface area contributed by atoms with E-state index in [1.807, 2.05) is 40.6 Å². The summed E-state index contributed by atoms with van der Waals surface area (Å²) in [5.74, 6) is 0.0358. The van der Waals surface area contributed by atoms with Gasteiger partial charge >= 0.3 is 4.87 Å². The quantitative estimate of drug-likeness (QED) is 0.115. The van der Waals surface area contributed by atoms with Crippen molar-refractivity contribution < 1.29 is 19.7 Å². The summed E-state index contributed by atoms with van der Waals surface area (Å²) in [6.07, 6.45) is 9.58. The number of nitrogens with one attached hydrogen (secondary N) is 2. The van der Waals surface area contributed by atoms with E-state index in [9.17, 15) is 19.8 Å². The van der Waals surface area contributed by atoms with Crippen LogP contribution in [0.3, 0.4) is 0 Å². The maximum Gasteiger partial charge on any atom is 0.305 e. The Kier molecular flexibility index (Phi) is 11.9. The highest BCUT2D eigenvalue weighted by Crippen LogP contribution is 2.33. The summed E-state index contributed by atoms with van der Waals surface area (Å²) in [5, 5.41) is 26.7. The minimum absolute atomic E-state index is 0.0127. The molecule has 0 saturated carbocycles. The van der Waals surface area contributed by atoms with Gasteiger partial charge in [-0.2, -0.15) is 0 Å². The van der Waals surface area contributed by atoms with E-state index in [0.717, 1.165) is 73.8 Å². The second kappa shape index (κ2) is 16.5. The number of amides is 1. The number of carbonyl (C=O) groups excluding carboxylic acids is 1. The molecule has 2 aromatic carbocycles. The van der Waals surface area contributed by atoms with Crippen molar-refractivity contribution in [3.05, 3.63) is 68.8 Å². The van der Waals surface area contributed by atoms with Gasteiger partial charge in [0, 0.05) is 42.7 Å². The van der Waals surface area contributed by atoms with Crippen molar-refractivity contribution >= 4 is 38.8 Å². The van der Waals surface area contributed by atoms with E-state index < -0.39 is 6.10 Å². The Labute approximate surface area is 289 Å². The van der Waals surface area contributed by atoms with E-state index >= 15 is 0 Å². The smallest absolute Gasteiger partial charge is 0.305 e. The lowest BCUT2D eigenvalue weighted by Gasteiger charge is -2.47. The number of likely N-dealkylation sites (tertiary alicyclic amines) is 1. The Morgan fingerprint density at radius 3 is 2.56 bits per heavy atom. The topological polar surface area (TPSA) is 131 Å². The van der Waals surface area contributed by atoms with Gasteiger partial charge in [-0.3, -0.25) is 9.59 Å². The lowest BCUT2D eigenvalue weighted by atomic mass is 9.89. The Hall–Kier alpha value is -3.13. The second-order valence-corrected chi connectivity index (χ2v) is 14.9. The minimum Gasteiger partial charge on any atom is -0.506 e. The number of thiazole rings is 2. The molecule has 1 amide bonds. The molecule has 1 atom stereocenters. The van der Waals surface area contributed by atoms with Crippen molar-refractivity contribution in [2.75, 3.05) is 52.4 Å². The molecule has 1 spiro atoms. The fraction of sp³-hybridized carbons (Fsp3) is 0.528. The van der Waals surface area contributed by atoms with Gasteiger partial charge in [0.25, 0.3) is 5.91 Å². The van der Waals surface area contributed by atoms with Crippen LogP contribution >= 0.6 is 22.7 Å². The molecule has 1 unspecified atom stereocenters. The number of aromatic amines is 1. The van der Waals surface area contributed by atoms with Crippen LogP contribution in [-0.2, 0) is 4.74 Å². The number of rotatable bonds is 15. The van der Waals surface area contributed by atoms with Crippen LogP contribution in [0.15, 0.2) is 52.6 Å². The Balaban J connectivity index is 0.807. The van der Waals surface area contributed by atoms with Crippen molar-refractivity contribution in [1.29, 1.82) is 0 Å². The summed E-state index contributed by atoms with van der Waals surface area (Å²) in [7, 11) is 0. The standard InChI is InChI=1S/C36H47N5O5S2/c42-29-14-13-27(32-31(29)39-35(45)48-32)30(43)23-37-17-9-4-2-1-3-5-10-18-40-19-15-36(16-20-40)25-41(21-22-46-36)34(44)28-24-47-33(38-28)26-11-7-6-8-12-26/h6-8,11-14,24,30,37,42-43H,1-5,9-10,15-23,25H2,(H,39,45). The molecule has 0 bridgehead atoms. The number of hydrogen-bond acceptors (Lipinski definition) is 10.